The largest absolute Gasteiger partial charge is 0.401 e. The van der Waals surface area contributed by atoms with E-state index in [0.29, 0.717) is 25.6 Å². The standard InChI is InChI=1S/C10H19F3N2/c1-8(2)5-9-6-14-3-4-15(9)7-10(11,12)13/h8-9,14H,3-7H2,1-2H3/t9-/m0/s1. The molecule has 1 saturated heterocycles. The Bertz CT molecular complexity index is 192. The molecule has 0 bridgehead atoms. The average Bonchev–Trinajstić information content (AvgIpc) is 2.05. The third kappa shape index (κ3) is 4.84. The van der Waals surface area contributed by atoms with E-state index < -0.39 is 12.7 Å². The lowest BCUT2D eigenvalue weighted by atomic mass is 10.0. The number of hydrogen-bond acceptors (Lipinski definition) is 2. The average molecular weight is 224 g/mol. The van der Waals surface area contributed by atoms with E-state index in [-0.39, 0.29) is 6.04 Å². The first-order chi connectivity index (χ1) is 6.88. The second-order valence-corrected chi connectivity index (χ2v) is 4.57. The smallest absolute Gasteiger partial charge is 0.314 e. The van der Waals surface area contributed by atoms with E-state index in [1.54, 1.807) is 4.90 Å². The molecule has 0 aromatic carbocycles. The highest BCUT2D eigenvalue weighted by Gasteiger charge is 2.34. The first kappa shape index (κ1) is 12.8. The molecule has 1 heterocycles. The van der Waals surface area contributed by atoms with Crippen LogP contribution in [0.15, 0.2) is 0 Å². The molecule has 0 unspecified atom stereocenters. The molecule has 0 radical (unpaired) electrons. The Hall–Kier alpha value is -0.290. The fraction of sp³-hybridized carbons (Fsp3) is 1.00. The van der Waals surface area contributed by atoms with Crippen molar-refractivity contribution in [1.82, 2.24) is 10.2 Å². The number of rotatable bonds is 3. The summed E-state index contributed by atoms with van der Waals surface area (Å²) < 4.78 is 36.9. The Labute approximate surface area is 88.8 Å². The van der Waals surface area contributed by atoms with E-state index in [1.807, 2.05) is 13.8 Å². The van der Waals surface area contributed by atoms with Crippen molar-refractivity contribution < 1.29 is 13.2 Å². The van der Waals surface area contributed by atoms with Gasteiger partial charge in [-0.25, -0.2) is 0 Å². The predicted octanol–water partition coefficient (Wildman–Crippen LogP) is 1.87. The number of alkyl halides is 3. The molecule has 90 valence electrons. The number of halogens is 3. The van der Waals surface area contributed by atoms with Crippen LogP contribution < -0.4 is 5.32 Å². The zero-order chi connectivity index (χ0) is 11.5. The Morgan fingerprint density at radius 2 is 2.07 bits per heavy atom. The molecule has 5 heteroatoms. The van der Waals surface area contributed by atoms with Gasteiger partial charge in [-0.1, -0.05) is 13.8 Å². The quantitative estimate of drug-likeness (QED) is 0.787. The van der Waals surface area contributed by atoms with Crippen LogP contribution in [0, 0.1) is 5.92 Å². The third-order valence-corrected chi connectivity index (χ3v) is 2.60. The molecule has 0 amide bonds. The van der Waals surface area contributed by atoms with Gasteiger partial charge in [-0.2, -0.15) is 13.2 Å². The summed E-state index contributed by atoms with van der Waals surface area (Å²) in [5, 5.41) is 3.15. The minimum absolute atomic E-state index is 0.0281. The van der Waals surface area contributed by atoms with Gasteiger partial charge in [0.2, 0.25) is 0 Å². The van der Waals surface area contributed by atoms with Crippen LogP contribution in [0.2, 0.25) is 0 Å². The summed E-state index contributed by atoms with van der Waals surface area (Å²) in [4.78, 5) is 1.55. The van der Waals surface area contributed by atoms with Gasteiger partial charge in [0.05, 0.1) is 6.54 Å². The number of nitrogens with zero attached hydrogens (tertiary/aromatic N) is 1. The van der Waals surface area contributed by atoms with E-state index >= 15 is 0 Å². The van der Waals surface area contributed by atoms with Crippen molar-refractivity contribution >= 4 is 0 Å². The number of piperazine rings is 1. The molecular weight excluding hydrogens is 205 g/mol. The highest BCUT2D eigenvalue weighted by Crippen LogP contribution is 2.21. The number of hydrogen-bond donors (Lipinski definition) is 1. The second kappa shape index (κ2) is 5.16. The maximum absolute atomic E-state index is 12.3. The molecule has 1 atom stereocenters. The summed E-state index contributed by atoms with van der Waals surface area (Å²) in [5.74, 6) is 0.436. The number of nitrogens with one attached hydrogen (secondary N) is 1. The van der Waals surface area contributed by atoms with Crippen LogP contribution in [0.3, 0.4) is 0 Å². The molecule has 1 N–H and O–H groups in total. The predicted molar refractivity (Wildman–Crippen MR) is 53.7 cm³/mol. The van der Waals surface area contributed by atoms with Crippen LogP contribution in [-0.2, 0) is 0 Å². The molecule has 0 saturated carbocycles. The van der Waals surface area contributed by atoms with Gasteiger partial charge in [-0.3, -0.25) is 4.90 Å². The van der Waals surface area contributed by atoms with Gasteiger partial charge < -0.3 is 5.32 Å². The lowest BCUT2D eigenvalue weighted by molar-refractivity contribution is -0.153. The summed E-state index contributed by atoms with van der Waals surface area (Å²) in [6, 6.07) is 0.0281. The topological polar surface area (TPSA) is 15.3 Å². The minimum atomic E-state index is -4.08. The van der Waals surface area contributed by atoms with Crippen LogP contribution >= 0.6 is 0 Å². The fourth-order valence-electron chi connectivity index (χ4n) is 2.02. The van der Waals surface area contributed by atoms with E-state index in [0.717, 1.165) is 6.42 Å². The Morgan fingerprint density at radius 1 is 1.40 bits per heavy atom. The highest BCUT2D eigenvalue weighted by atomic mass is 19.4. The van der Waals surface area contributed by atoms with Crippen molar-refractivity contribution in [1.29, 1.82) is 0 Å². The summed E-state index contributed by atoms with van der Waals surface area (Å²) in [7, 11) is 0. The summed E-state index contributed by atoms with van der Waals surface area (Å²) in [6.45, 7) is 5.14. The van der Waals surface area contributed by atoms with E-state index in [4.69, 9.17) is 0 Å². The molecule has 0 aromatic heterocycles. The molecule has 1 aliphatic heterocycles. The molecule has 1 rings (SSSR count). The first-order valence-corrected chi connectivity index (χ1v) is 5.40. The Balaban J connectivity index is 2.50. The summed E-state index contributed by atoms with van der Waals surface area (Å²) in [6.07, 6.45) is -3.25. The van der Waals surface area contributed by atoms with Crippen LogP contribution in [0.25, 0.3) is 0 Å². The maximum atomic E-state index is 12.3. The SMILES string of the molecule is CC(C)C[C@H]1CNCCN1CC(F)(F)F. The molecule has 1 aliphatic rings. The van der Waals surface area contributed by atoms with E-state index in [2.05, 4.69) is 5.32 Å². The van der Waals surface area contributed by atoms with Crippen LogP contribution in [0.1, 0.15) is 20.3 Å². The summed E-state index contributed by atoms with van der Waals surface area (Å²) in [5.41, 5.74) is 0. The molecule has 0 spiro atoms. The fourth-order valence-corrected chi connectivity index (χ4v) is 2.02. The highest BCUT2D eigenvalue weighted by molar-refractivity contribution is 4.81. The van der Waals surface area contributed by atoms with Crippen LogP contribution in [-0.4, -0.2) is 43.3 Å². The second-order valence-electron chi connectivity index (χ2n) is 4.57. The van der Waals surface area contributed by atoms with Crippen LogP contribution in [0.5, 0.6) is 0 Å². The van der Waals surface area contributed by atoms with Gasteiger partial charge in [-0.05, 0) is 12.3 Å². The van der Waals surface area contributed by atoms with Gasteiger partial charge >= 0.3 is 6.18 Å². The van der Waals surface area contributed by atoms with Crippen LogP contribution in [0.4, 0.5) is 13.2 Å². The van der Waals surface area contributed by atoms with Crippen molar-refractivity contribution in [2.75, 3.05) is 26.2 Å². The van der Waals surface area contributed by atoms with Gasteiger partial charge in [0.15, 0.2) is 0 Å². The van der Waals surface area contributed by atoms with Crippen molar-refractivity contribution in [2.24, 2.45) is 5.92 Å². The zero-order valence-corrected chi connectivity index (χ0v) is 9.27. The maximum Gasteiger partial charge on any atom is 0.401 e. The van der Waals surface area contributed by atoms with Gasteiger partial charge in [0, 0.05) is 25.7 Å². The van der Waals surface area contributed by atoms with Gasteiger partial charge in [-0.15, -0.1) is 0 Å². The molecule has 15 heavy (non-hydrogen) atoms. The lowest BCUT2D eigenvalue weighted by Crippen LogP contribution is -2.54. The van der Waals surface area contributed by atoms with Crippen molar-refractivity contribution in [3.63, 3.8) is 0 Å². The monoisotopic (exact) mass is 224 g/mol. The van der Waals surface area contributed by atoms with E-state index in [1.165, 1.54) is 0 Å². The third-order valence-electron chi connectivity index (χ3n) is 2.60. The first-order valence-electron chi connectivity index (χ1n) is 5.40. The molecular formula is C10H19F3N2. The van der Waals surface area contributed by atoms with Gasteiger partial charge in [0.25, 0.3) is 0 Å². The van der Waals surface area contributed by atoms with E-state index in [9.17, 15) is 13.2 Å². The summed E-state index contributed by atoms with van der Waals surface area (Å²) >= 11 is 0. The van der Waals surface area contributed by atoms with Crippen molar-refractivity contribution in [3.05, 3.63) is 0 Å². The lowest BCUT2D eigenvalue weighted by Gasteiger charge is -2.37. The molecule has 0 aliphatic carbocycles. The molecule has 1 fully saturated rings. The zero-order valence-electron chi connectivity index (χ0n) is 9.27. The normalized spacial score (nSPS) is 24.8. The Morgan fingerprint density at radius 3 is 2.60 bits per heavy atom. The molecule has 2 nitrogen and oxygen atoms in total. The van der Waals surface area contributed by atoms with Crippen molar-refractivity contribution in [2.45, 2.75) is 32.5 Å². The van der Waals surface area contributed by atoms with Gasteiger partial charge in [0.1, 0.15) is 0 Å². The molecule has 0 aromatic rings. The van der Waals surface area contributed by atoms with Crippen molar-refractivity contribution in [3.8, 4) is 0 Å². The Kier molecular flexibility index (Phi) is 4.40. The minimum Gasteiger partial charge on any atom is -0.314 e.